The molecule has 0 aliphatic heterocycles. The Balaban J connectivity index is 2.59. The number of pyridine rings is 1. The van der Waals surface area contributed by atoms with Gasteiger partial charge in [0.15, 0.2) is 6.61 Å². The lowest BCUT2D eigenvalue weighted by Gasteiger charge is -2.09. The largest absolute Gasteiger partial charge is 0.414 e. The summed E-state index contributed by atoms with van der Waals surface area (Å²) in [5.41, 5.74) is 3.04. The van der Waals surface area contributed by atoms with E-state index >= 15 is 0 Å². The monoisotopic (exact) mass is 248 g/mol. The number of aromatic nitrogens is 1. The van der Waals surface area contributed by atoms with Gasteiger partial charge >= 0.3 is 6.18 Å². The molecule has 1 heterocycles. The van der Waals surface area contributed by atoms with Gasteiger partial charge in [-0.1, -0.05) is 0 Å². The van der Waals surface area contributed by atoms with Crippen molar-refractivity contribution in [1.29, 1.82) is 0 Å². The van der Waals surface area contributed by atoms with E-state index in [1.54, 1.807) is 25.4 Å². The quantitative estimate of drug-likeness (QED) is 0.831. The van der Waals surface area contributed by atoms with Crippen LogP contribution < -0.4 is 5.48 Å². The van der Waals surface area contributed by atoms with Crippen LogP contribution in [0.3, 0.4) is 0 Å². The molecule has 17 heavy (non-hydrogen) atoms. The minimum Gasteiger partial charge on any atom is -0.267 e. The molecule has 0 fully saturated rings. The third-order valence-electron chi connectivity index (χ3n) is 1.87. The van der Waals surface area contributed by atoms with Gasteiger partial charge in [0, 0.05) is 5.69 Å². The van der Waals surface area contributed by atoms with Crippen LogP contribution in [0.15, 0.2) is 12.1 Å². The Morgan fingerprint density at radius 3 is 2.59 bits per heavy atom. The Labute approximate surface area is 95.8 Å². The summed E-state index contributed by atoms with van der Waals surface area (Å²) < 4.78 is 35.3. The van der Waals surface area contributed by atoms with Gasteiger partial charge in [0.2, 0.25) is 0 Å². The molecule has 1 N–H and O–H groups in total. The number of nitrogens with one attached hydrogen (secondary N) is 1. The molecule has 0 aliphatic carbocycles. The molecular weight excluding hydrogens is 237 g/mol. The highest BCUT2D eigenvalue weighted by Crippen LogP contribution is 2.14. The van der Waals surface area contributed by atoms with Crippen LogP contribution in [-0.4, -0.2) is 23.7 Å². The second-order valence-electron chi connectivity index (χ2n) is 3.42. The predicted molar refractivity (Wildman–Crippen MR) is 53.2 cm³/mol. The Morgan fingerprint density at radius 1 is 1.41 bits per heavy atom. The van der Waals surface area contributed by atoms with Gasteiger partial charge in [0.1, 0.15) is 0 Å². The number of carbonyl (C=O) groups excluding carboxylic acids is 1. The first-order chi connectivity index (χ1) is 7.79. The van der Waals surface area contributed by atoms with Crippen LogP contribution in [0.25, 0.3) is 0 Å². The highest BCUT2D eigenvalue weighted by atomic mass is 19.4. The lowest BCUT2D eigenvalue weighted by Crippen LogP contribution is -2.30. The van der Waals surface area contributed by atoms with Gasteiger partial charge < -0.3 is 0 Å². The molecule has 0 unspecified atom stereocenters. The van der Waals surface area contributed by atoms with Crippen molar-refractivity contribution in [3.63, 3.8) is 0 Å². The van der Waals surface area contributed by atoms with Gasteiger partial charge in [0.05, 0.1) is 11.3 Å². The molecule has 1 rings (SSSR count). The highest BCUT2D eigenvalue weighted by molar-refractivity contribution is 5.94. The van der Waals surface area contributed by atoms with Gasteiger partial charge in [-0.3, -0.25) is 14.6 Å². The van der Waals surface area contributed by atoms with Crippen molar-refractivity contribution in [1.82, 2.24) is 10.5 Å². The molecule has 0 atom stereocenters. The summed E-state index contributed by atoms with van der Waals surface area (Å²) in [7, 11) is 0. The first kappa shape index (κ1) is 13.4. The summed E-state index contributed by atoms with van der Waals surface area (Å²) in [5, 5.41) is 0. The summed E-state index contributed by atoms with van der Waals surface area (Å²) in [4.78, 5) is 19.5. The molecule has 0 bridgehead atoms. The Bertz CT molecular complexity index is 419. The maximum atomic E-state index is 11.8. The molecule has 0 saturated heterocycles. The van der Waals surface area contributed by atoms with Crippen LogP contribution >= 0.6 is 0 Å². The fourth-order valence-corrected chi connectivity index (χ4v) is 1.16. The second kappa shape index (κ2) is 5.13. The number of alkyl halides is 3. The maximum Gasteiger partial charge on any atom is 0.414 e. The van der Waals surface area contributed by atoms with Crippen molar-refractivity contribution in [2.45, 2.75) is 20.0 Å². The summed E-state index contributed by atoms with van der Waals surface area (Å²) >= 11 is 0. The first-order valence-corrected chi connectivity index (χ1v) is 4.73. The number of amides is 1. The molecular formula is C10H11F3N2O2. The summed E-state index contributed by atoms with van der Waals surface area (Å²) in [5.74, 6) is -0.751. The first-order valence-electron chi connectivity index (χ1n) is 4.73. The standard InChI is InChI=1S/C10H11F3N2O2/c1-6-3-4-8(7(2)14-6)9(16)15-17-5-10(11,12)13/h3-4H,5H2,1-2H3,(H,15,16). The van der Waals surface area contributed by atoms with E-state index in [0.29, 0.717) is 5.69 Å². The van der Waals surface area contributed by atoms with Crippen LogP contribution in [-0.2, 0) is 4.84 Å². The van der Waals surface area contributed by atoms with E-state index in [0.717, 1.165) is 5.69 Å². The number of carbonyl (C=O) groups is 1. The van der Waals surface area contributed by atoms with E-state index < -0.39 is 18.7 Å². The normalized spacial score (nSPS) is 11.4. The van der Waals surface area contributed by atoms with Crippen LogP contribution in [0, 0.1) is 13.8 Å². The van der Waals surface area contributed by atoms with Gasteiger partial charge in [0.25, 0.3) is 5.91 Å². The number of hydrogen-bond donors (Lipinski definition) is 1. The van der Waals surface area contributed by atoms with E-state index in [9.17, 15) is 18.0 Å². The van der Waals surface area contributed by atoms with Crippen molar-refractivity contribution in [3.8, 4) is 0 Å². The molecule has 0 aliphatic rings. The smallest absolute Gasteiger partial charge is 0.267 e. The average Bonchev–Trinajstić information content (AvgIpc) is 2.15. The molecule has 94 valence electrons. The van der Waals surface area contributed by atoms with E-state index in [-0.39, 0.29) is 5.56 Å². The molecule has 1 aromatic rings. The number of hydroxylamine groups is 1. The van der Waals surface area contributed by atoms with E-state index in [2.05, 4.69) is 9.82 Å². The molecule has 0 spiro atoms. The van der Waals surface area contributed by atoms with E-state index in [1.165, 1.54) is 6.07 Å². The molecule has 1 amide bonds. The Kier molecular flexibility index (Phi) is 4.06. The SMILES string of the molecule is Cc1ccc(C(=O)NOCC(F)(F)F)c(C)n1. The Hall–Kier alpha value is -1.63. The van der Waals surface area contributed by atoms with Crippen LogP contribution in [0.4, 0.5) is 13.2 Å². The van der Waals surface area contributed by atoms with Crippen LogP contribution in [0.2, 0.25) is 0 Å². The van der Waals surface area contributed by atoms with Crippen LogP contribution in [0.1, 0.15) is 21.7 Å². The Morgan fingerprint density at radius 2 is 2.06 bits per heavy atom. The zero-order chi connectivity index (χ0) is 13.1. The number of nitrogens with zero attached hydrogens (tertiary/aromatic N) is 1. The lowest BCUT2D eigenvalue weighted by atomic mass is 10.2. The minimum absolute atomic E-state index is 0.178. The number of hydrogen-bond acceptors (Lipinski definition) is 3. The third-order valence-corrected chi connectivity index (χ3v) is 1.87. The molecule has 1 aromatic heterocycles. The van der Waals surface area contributed by atoms with Crippen molar-refractivity contribution in [2.24, 2.45) is 0 Å². The van der Waals surface area contributed by atoms with E-state index in [1.807, 2.05) is 0 Å². The molecule has 0 radical (unpaired) electrons. The number of aryl methyl sites for hydroxylation is 2. The zero-order valence-corrected chi connectivity index (χ0v) is 9.26. The van der Waals surface area contributed by atoms with Gasteiger partial charge in [-0.25, -0.2) is 5.48 Å². The van der Waals surface area contributed by atoms with Crippen molar-refractivity contribution in [2.75, 3.05) is 6.61 Å². The lowest BCUT2D eigenvalue weighted by molar-refractivity contribution is -0.184. The minimum atomic E-state index is -4.48. The molecule has 4 nitrogen and oxygen atoms in total. The topological polar surface area (TPSA) is 51.2 Å². The highest BCUT2D eigenvalue weighted by Gasteiger charge is 2.28. The number of rotatable bonds is 3. The summed E-state index contributed by atoms with van der Waals surface area (Å²) in [6.45, 7) is 1.80. The number of halogens is 3. The predicted octanol–water partition coefficient (Wildman–Crippen LogP) is 1.92. The van der Waals surface area contributed by atoms with Crippen molar-refractivity contribution < 1.29 is 22.8 Å². The van der Waals surface area contributed by atoms with Crippen LogP contribution in [0.5, 0.6) is 0 Å². The zero-order valence-electron chi connectivity index (χ0n) is 9.26. The van der Waals surface area contributed by atoms with Crippen molar-refractivity contribution >= 4 is 5.91 Å². The third kappa shape index (κ3) is 4.39. The fourth-order valence-electron chi connectivity index (χ4n) is 1.16. The van der Waals surface area contributed by atoms with Crippen molar-refractivity contribution in [3.05, 3.63) is 29.1 Å². The van der Waals surface area contributed by atoms with Gasteiger partial charge in [-0.05, 0) is 26.0 Å². The van der Waals surface area contributed by atoms with Gasteiger partial charge in [-0.15, -0.1) is 0 Å². The maximum absolute atomic E-state index is 11.8. The molecule has 0 aromatic carbocycles. The molecule has 7 heteroatoms. The fraction of sp³-hybridized carbons (Fsp3) is 0.400. The average molecular weight is 248 g/mol. The summed E-state index contributed by atoms with van der Waals surface area (Å²) in [6.07, 6.45) is -4.48. The van der Waals surface area contributed by atoms with E-state index in [4.69, 9.17) is 0 Å². The molecule has 0 saturated carbocycles. The second-order valence-corrected chi connectivity index (χ2v) is 3.42. The van der Waals surface area contributed by atoms with Gasteiger partial charge in [-0.2, -0.15) is 13.2 Å². The summed E-state index contributed by atoms with van der Waals surface area (Å²) in [6, 6.07) is 3.07.